The Balaban J connectivity index is 0.000000185. The molecule has 468 valence electrons. The van der Waals surface area contributed by atoms with Crippen molar-refractivity contribution in [2.45, 2.75) is 104 Å². The molecule has 0 aliphatic carbocycles. The number of hydrogen-bond acceptors (Lipinski definition) is 13. The maximum atomic E-state index is 13.5. The van der Waals surface area contributed by atoms with Gasteiger partial charge in [-0.2, -0.15) is 10.2 Å². The highest BCUT2D eigenvalue weighted by Crippen LogP contribution is 2.35. The van der Waals surface area contributed by atoms with E-state index in [4.69, 9.17) is 24.4 Å². The fraction of sp³-hybridized carbons (Fsp3) is 0.382. The Bertz CT molecular complexity index is 3900. The summed E-state index contributed by atoms with van der Waals surface area (Å²) < 4.78 is 21.1. The number of nitrogens with one attached hydrogen (secondary N) is 2. The van der Waals surface area contributed by atoms with E-state index >= 15 is 0 Å². The van der Waals surface area contributed by atoms with Crippen LogP contribution in [0.4, 0.5) is 21.0 Å². The van der Waals surface area contributed by atoms with Crippen molar-refractivity contribution in [3.63, 3.8) is 0 Å². The van der Waals surface area contributed by atoms with Crippen LogP contribution in [0.5, 0.6) is 0 Å². The molecule has 6 amide bonds. The molecular formula is C68H76N12O10. The van der Waals surface area contributed by atoms with Crippen LogP contribution in [0.15, 0.2) is 134 Å². The highest BCUT2D eigenvalue weighted by molar-refractivity contribution is 6.13. The number of amides is 6. The number of aromatic nitrogens is 6. The van der Waals surface area contributed by atoms with Crippen molar-refractivity contribution in [1.82, 2.24) is 49.1 Å². The molecule has 4 aliphatic heterocycles. The van der Waals surface area contributed by atoms with Crippen molar-refractivity contribution < 1.29 is 48.1 Å². The van der Waals surface area contributed by atoms with Crippen LogP contribution in [0, 0.1) is 5.41 Å². The quantitative estimate of drug-likeness (QED) is 0.115. The number of carbonyl (C=O) groups excluding carboxylic acids is 5. The van der Waals surface area contributed by atoms with Gasteiger partial charge < -0.3 is 49.6 Å². The molecule has 3 N–H and O–H groups in total. The number of ether oxygens (including phenoxy) is 3. The largest absolute Gasteiger partial charge is 0.465 e. The van der Waals surface area contributed by atoms with Gasteiger partial charge in [-0.05, 0) is 160 Å². The molecule has 4 aromatic heterocycles. The second kappa shape index (κ2) is 26.7. The SMILES string of the molecule is CC(C)(C)C1CN(C(=O)c2ccc(-c3ccc4c(c3)c(C(=O)Nc3ccncc3)nn4C3CCCCO3)cc2)CCN1C(=O)O.CC(C)(C)OC(=O)N1CCN(C(=O)c2ccc(-c3ccc4c(c3)c(C(=O)Nc3ccncc3)nn4C3CCCCO3)cc2)CC1. The standard InChI is InChI=1S/2C34H38N6O5/c1-34(2,3)45-33(43)39-19-17-38(18-20-39)32(42)24-9-7-23(8-10-24)25-11-12-28-27(22-25)30(31(41)36-26-13-15-35-16-14-26)37-40(28)29-6-4-5-21-44-29;1-34(2,3)28-21-38(17-18-39(28)33(43)44)32(42)23-9-7-22(8-10-23)24-11-12-27-26(20-24)30(31(41)36-25-13-15-35-16-14-25)37-40(27)29-6-4-5-19-45-29/h7-16,22,29H,4-6,17-21H2,1-3H3,(H,35,36,41);7-16,20,28-29H,4-6,17-19,21H2,1-3H3,(H,43,44)(H,35,36,41). The van der Waals surface area contributed by atoms with E-state index in [1.54, 1.807) is 75.9 Å². The molecular weight excluding hydrogens is 1140 g/mol. The summed E-state index contributed by atoms with van der Waals surface area (Å²) in [5.41, 5.74) is 7.32. The first-order valence-electron chi connectivity index (χ1n) is 30.7. The zero-order valence-electron chi connectivity index (χ0n) is 51.6. The topological polar surface area (TPSA) is 249 Å². The molecule has 0 radical (unpaired) electrons. The molecule has 4 aromatic carbocycles. The van der Waals surface area contributed by atoms with Gasteiger partial charge in [-0.3, -0.25) is 29.1 Å². The van der Waals surface area contributed by atoms with Crippen LogP contribution in [-0.2, 0) is 14.2 Å². The summed E-state index contributed by atoms with van der Waals surface area (Å²) >= 11 is 0. The zero-order valence-corrected chi connectivity index (χ0v) is 51.6. The highest BCUT2D eigenvalue weighted by atomic mass is 16.6. The summed E-state index contributed by atoms with van der Waals surface area (Å²) in [6.45, 7) is 15.5. The first-order valence-corrected chi connectivity index (χ1v) is 30.7. The second-order valence-corrected chi connectivity index (χ2v) is 25.1. The molecule has 0 spiro atoms. The van der Waals surface area contributed by atoms with Crippen LogP contribution in [-0.4, -0.2) is 161 Å². The van der Waals surface area contributed by atoms with Gasteiger partial charge in [0.05, 0.1) is 17.1 Å². The molecule has 4 aliphatic rings. The Hall–Kier alpha value is -9.54. The average Bonchev–Trinajstić information content (AvgIpc) is 1.74. The number of rotatable bonds is 10. The van der Waals surface area contributed by atoms with E-state index < -0.39 is 11.7 Å². The van der Waals surface area contributed by atoms with Crippen molar-refractivity contribution >= 4 is 69.0 Å². The first kappa shape index (κ1) is 62.1. The number of carboxylic acid groups (broad SMARTS) is 1. The number of fused-ring (bicyclic) bond motifs is 2. The van der Waals surface area contributed by atoms with E-state index in [9.17, 15) is 33.9 Å². The van der Waals surface area contributed by atoms with E-state index in [1.165, 1.54) is 4.90 Å². The van der Waals surface area contributed by atoms with E-state index in [2.05, 4.69) is 20.6 Å². The van der Waals surface area contributed by atoms with Gasteiger partial charge in [0.2, 0.25) is 0 Å². The van der Waals surface area contributed by atoms with Gasteiger partial charge in [0.25, 0.3) is 23.6 Å². The predicted octanol–water partition coefficient (Wildman–Crippen LogP) is 11.6. The third kappa shape index (κ3) is 14.1. The molecule has 3 unspecified atom stereocenters. The fourth-order valence-electron chi connectivity index (χ4n) is 11.8. The van der Waals surface area contributed by atoms with E-state index in [-0.39, 0.29) is 60.2 Å². The number of hydrogen-bond donors (Lipinski definition) is 3. The minimum absolute atomic E-state index is 0.0790. The van der Waals surface area contributed by atoms with E-state index in [1.807, 2.05) is 124 Å². The molecule has 4 fully saturated rings. The molecule has 3 atom stereocenters. The minimum atomic E-state index is -0.960. The summed E-state index contributed by atoms with van der Waals surface area (Å²) in [7, 11) is 0. The number of anilines is 2. The van der Waals surface area contributed by atoms with Gasteiger partial charge in [0, 0.05) is 117 Å². The van der Waals surface area contributed by atoms with Gasteiger partial charge >= 0.3 is 12.2 Å². The molecule has 0 bridgehead atoms. The van der Waals surface area contributed by atoms with Crippen LogP contribution in [0.1, 0.15) is 134 Å². The van der Waals surface area contributed by atoms with E-state index in [0.717, 1.165) is 77.2 Å². The maximum absolute atomic E-state index is 13.5. The number of piperazine rings is 2. The van der Waals surface area contributed by atoms with Crippen LogP contribution in [0.2, 0.25) is 0 Å². The molecule has 8 aromatic rings. The lowest BCUT2D eigenvalue weighted by Crippen LogP contribution is -2.60. The zero-order chi connectivity index (χ0) is 63.3. The monoisotopic (exact) mass is 1220 g/mol. The number of pyridine rings is 2. The summed E-state index contributed by atoms with van der Waals surface area (Å²) in [5, 5.41) is 26.5. The molecule has 0 saturated carbocycles. The van der Waals surface area contributed by atoms with E-state index in [0.29, 0.717) is 91.8 Å². The van der Waals surface area contributed by atoms with Gasteiger partial charge in [-0.1, -0.05) is 57.2 Å². The molecule has 4 saturated heterocycles. The summed E-state index contributed by atoms with van der Waals surface area (Å²) in [6.07, 6.45) is 10.4. The minimum Gasteiger partial charge on any atom is -0.465 e. The van der Waals surface area contributed by atoms with Crippen molar-refractivity contribution in [1.29, 1.82) is 0 Å². The molecule has 22 heteroatoms. The Morgan fingerprint density at radius 1 is 0.522 bits per heavy atom. The Kier molecular flexibility index (Phi) is 18.4. The number of nitrogens with zero attached hydrogens (tertiary/aromatic N) is 10. The molecule has 90 heavy (non-hydrogen) atoms. The van der Waals surface area contributed by atoms with Crippen LogP contribution in [0.3, 0.4) is 0 Å². The lowest BCUT2D eigenvalue weighted by atomic mass is 9.84. The van der Waals surface area contributed by atoms with Crippen molar-refractivity contribution in [3.8, 4) is 22.3 Å². The highest BCUT2D eigenvalue weighted by Gasteiger charge is 2.40. The molecule has 22 nitrogen and oxygen atoms in total. The summed E-state index contributed by atoms with van der Waals surface area (Å²) in [6, 6.07) is 33.3. The first-order chi connectivity index (χ1) is 43.3. The maximum Gasteiger partial charge on any atom is 0.410 e. The normalized spacial score (nSPS) is 18.1. The third-order valence-corrected chi connectivity index (χ3v) is 16.6. The van der Waals surface area contributed by atoms with Crippen molar-refractivity contribution in [2.24, 2.45) is 5.41 Å². The van der Waals surface area contributed by atoms with Gasteiger partial charge in [0.15, 0.2) is 23.8 Å². The van der Waals surface area contributed by atoms with Crippen LogP contribution < -0.4 is 10.6 Å². The lowest BCUT2D eigenvalue weighted by molar-refractivity contribution is -0.0369. The summed E-state index contributed by atoms with van der Waals surface area (Å²) in [4.78, 5) is 92.5. The lowest BCUT2D eigenvalue weighted by Gasteiger charge is -2.45. The van der Waals surface area contributed by atoms with Crippen LogP contribution in [0.25, 0.3) is 44.1 Å². The summed E-state index contributed by atoms with van der Waals surface area (Å²) in [5.74, 6) is -0.842. The second-order valence-electron chi connectivity index (χ2n) is 25.1. The molecule has 8 heterocycles. The van der Waals surface area contributed by atoms with Gasteiger partial charge in [0.1, 0.15) is 5.60 Å². The Morgan fingerprint density at radius 3 is 1.36 bits per heavy atom. The smallest absolute Gasteiger partial charge is 0.410 e. The number of carbonyl (C=O) groups is 6. The van der Waals surface area contributed by atoms with Gasteiger partial charge in [-0.15, -0.1) is 0 Å². The predicted molar refractivity (Wildman–Crippen MR) is 340 cm³/mol. The Labute approximate surface area is 522 Å². The third-order valence-electron chi connectivity index (χ3n) is 16.6. The van der Waals surface area contributed by atoms with Crippen LogP contribution >= 0.6 is 0 Å². The van der Waals surface area contributed by atoms with Crippen molar-refractivity contribution in [2.75, 3.05) is 69.7 Å². The molecule has 12 rings (SSSR count). The van der Waals surface area contributed by atoms with Gasteiger partial charge in [-0.25, -0.2) is 19.0 Å². The average molecular weight is 1220 g/mol. The van der Waals surface area contributed by atoms with Crippen molar-refractivity contribution in [3.05, 3.63) is 156 Å². The number of benzene rings is 4. The Morgan fingerprint density at radius 2 is 0.944 bits per heavy atom. The fourth-order valence-corrected chi connectivity index (χ4v) is 11.8.